The van der Waals surface area contributed by atoms with Crippen LogP contribution in [0.4, 0.5) is 0 Å². The first-order valence-electron chi connectivity index (χ1n) is 7.49. The number of hydrogen-bond acceptors (Lipinski definition) is 2. The van der Waals surface area contributed by atoms with Crippen molar-refractivity contribution >= 4 is 13.8 Å². The molecule has 0 aromatic heterocycles. The number of nitrogens with one attached hydrogen (secondary N) is 2. The second-order valence-electron chi connectivity index (χ2n) is 5.86. The van der Waals surface area contributed by atoms with Gasteiger partial charge < -0.3 is 10.6 Å². The first-order chi connectivity index (χ1) is 8.72. The molecule has 0 aromatic rings. The van der Waals surface area contributed by atoms with E-state index in [1.54, 1.807) is 0 Å². The number of piperidine rings is 1. The Morgan fingerprint density at radius 2 is 2.28 bits per heavy atom. The number of fused-ring (bicyclic) bond motifs is 1. The molecule has 4 atom stereocenters. The van der Waals surface area contributed by atoms with Gasteiger partial charge in [-0.25, -0.2) is 0 Å². The van der Waals surface area contributed by atoms with Crippen molar-refractivity contribution in [1.29, 1.82) is 0 Å². The number of unbranched alkanes of at least 4 members (excludes halogenated alkanes) is 1. The molecule has 3 nitrogen and oxygen atoms in total. The predicted octanol–water partition coefficient (Wildman–Crippen LogP) is 1.64. The van der Waals surface area contributed by atoms with E-state index in [2.05, 4.69) is 17.6 Å². The molecule has 1 unspecified atom stereocenters. The van der Waals surface area contributed by atoms with E-state index in [4.69, 9.17) is 7.85 Å². The van der Waals surface area contributed by atoms with Crippen molar-refractivity contribution < 1.29 is 4.79 Å². The average molecular weight is 248 g/mol. The van der Waals surface area contributed by atoms with E-state index in [-0.39, 0.29) is 11.9 Å². The molecule has 2 fully saturated rings. The Hall–Kier alpha value is -0.505. The van der Waals surface area contributed by atoms with E-state index in [1.807, 2.05) is 0 Å². The molecule has 2 radical (unpaired) electrons. The topological polar surface area (TPSA) is 41.1 Å². The monoisotopic (exact) mass is 248 g/mol. The molecule has 1 aliphatic heterocycles. The molecule has 1 heterocycles. The van der Waals surface area contributed by atoms with Gasteiger partial charge in [0.25, 0.3) is 0 Å². The van der Waals surface area contributed by atoms with Gasteiger partial charge in [0.15, 0.2) is 0 Å². The van der Waals surface area contributed by atoms with E-state index in [1.165, 1.54) is 12.8 Å². The van der Waals surface area contributed by atoms with E-state index in [9.17, 15) is 4.79 Å². The first kappa shape index (κ1) is 13.9. The van der Waals surface area contributed by atoms with Crippen LogP contribution in [0.15, 0.2) is 0 Å². The molecular formula is C14H25BN2O. The maximum atomic E-state index is 12.0. The van der Waals surface area contributed by atoms with Gasteiger partial charge in [0.1, 0.15) is 0 Å². The summed E-state index contributed by atoms with van der Waals surface area (Å²) in [6, 6.07) is 0.00778. The minimum Gasteiger partial charge on any atom is -0.355 e. The standard InChI is InChI=1S/C14H25BN2O/c1-2-3-7-16-14(18)13-8-10-5-4-6-12(15)11(10)9-17-13/h10-13,17H,2-9H2,1H3,(H,16,18)/t10-,11+,12?,13-/m0/s1. The van der Waals surface area contributed by atoms with Crippen molar-refractivity contribution in [2.24, 2.45) is 11.8 Å². The quantitative estimate of drug-likeness (QED) is 0.586. The lowest BCUT2D eigenvalue weighted by Gasteiger charge is -2.43. The molecule has 2 aliphatic rings. The lowest BCUT2D eigenvalue weighted by molar-refractivity contribution is -0.124. The number of hydrogen-bond donors (Lipinski definition) is 2. The average Bonchev–Trinajstić information content (AvgIpc) is 2.39. The lowest BCUT2D eigenvalue weighted by atomic mass is 9.61. The van der Waals surface area contributed by atoms with Crippen LogP contribution >= 0.6 is 0 Å². The second kappa shape index (κ2) is 6.60. The van der Waals surface area contributed by atoms with Crippen LogP contribution in [0.1, 0.15) is 45.4 Å². The van der Waals surface area contributed by atoms with E-state index < -0.39 is 0 Å². The van der Waals surface area contributed by atoms with Crippen molar-refractivity contribution in [1.82, 2.24) is 10.6 Å². The molecular weight excluding hydrogens is 223 g/mol. The third kappa shape index (κ3) is 3.28. The predicted molar refractivity (Wildman–Crippen MR) is 74.7 cm³/mol. The highest BCUT2D eigenvalue weighted by Crippen LogP contribution is 2.40. The summed E-state index contributed by atoms with van der Waals surface area (Å²) < 4.78 is 0. The third-order valence-electron chi connectivity index (χ3n) is 4.55. The maximum absolute atomic E-state index is 12.0. The molecule has 100 valence electrons. The molecule has 4 heteroatoms. The van der Waals surface area contributed by atoms with Gasteiger partial charge in [0.2, 0.25) is 5.91 Å². The van der Waals surface area contributed by atoms with Gasteiger partial charge in [-0.2, -0.15) is 0 Å². The summed E-state index contributed by atoms with van der Waals surface area (Å²) in [7, 11) is 6.17. The Morgan fingerprint density at radius 3 is 3.06 bits per heavy atom. The van der Waals surface area contributed by atoms with Gasteiger partial charge in [0.05, 0.1) is 13.9 Å². The van der Waals surface area contributed by atoms with E-state index in [0.29, 0.717) is 17.7 Å². The Balaban J connectivity index is 1.81. The summed E-state index contributed by atoms with van der Waals surface area (Å²) in [4.78, 5) is 12.0. The lowest BCUT2D eigenvalue weighted by Crippen LogP contribution is -2.53. The summed E-state index contributed by atoms with van der Waals surface area (Å²) in [5.74, 6) is 1.75. The highest BCUT2D eigenvalue weighted by molar-refractivity contribution is 6.11. The SMILES string of the molecule is [B]C1CCC[C@H]2C[C@@H](C(=O)NCCCC)NC[C@@H]12. The van der Waals surface area contributed by atoms with Gasteiger partial charge in [-0.1, -0.05) is 38.4 Å². The van der Waals surface area contributed by atoms with Gasteiger partial charge in [-0.3, -0.25) is 4.79 Å². The van der Waals surface area contributed by atoms with Crippen LogP contribution < -0.4 is 10.6 Å². The molecule has 18 heavy (non-hydrogen) atoms. The number of amides is 1. The first-order valence-corrected chi connectivity index (χ1v) is 7.49. The summed E-state index contributed by atoms with van der Waals surface area (Å²) >= 11 is 0. The minimum absolute atomic E-state index is 0.00778. The van der Waals surface area contributed by atoms with Gasteiger partial charge in [-0.15, -0.1) is 0 Å². The highest BCUT2D eigenvalue weighted by Gasteiger charge is 2.37. The zero-order chi connectivity index (χ0) is 13.0. The van der Waals surface area contributed by atoms with Crippen LogP contribution in [0.5, 0.6) is 0 Å². The fourth-order valence-electron chi connectivity index (χ4n) is 3.38. The van der Waals surface area contributed by atoms with Crippen molar-refractivity contribution in [3.63, 3.8) is 0 Å². The summed E-state index contributed by atoms with van der Waals surface area (Å²) in [6.45, 7) is 3.86. The third-order valence-corrected chi connectivity index (χ3v) is 4.55. The molecule has 0 bridgehead atoms. The number of carbonyl (C=O) groups excluding carboxylic acids is 1. The minimum atomic E-state index is 0.00778. The molecule has 0 spiro atoms. The van der Waals surface area contributed by atoms with Crippen LogP contribution in [0.3, 0.4) is 0 Å². The smallest absolute Gasteiger partial charge is 0.237 e. The van der Waals surface area contributed by atoms with Crippen molar-refractivity contribution in [3.05, 3.63) is 0 Å². The fourth-order valence-corrected chi connectivity index (χ4v) is 3.38. The second-order valence-corrected chi connectivity index (χ2v) is 5.86. The zero-order valence-corrected chi connectivity index (χ0v) is 11.5. The van der Waals surface area contributed by atoms with Crippen molar-refractivity contribution in [2.75, 3.05) is 13.1 Å². The van der Waals surface area contributed by atoms with Crippen LogP contribution in [-0.2, 0) is 4.79 Å². The van der Waals surface area contributed by atoms with Crippen molar-refractivity contribution in [2.45, 2.75) is 57.3 Å². The maximum Gasteiger partial charge on any atom is 0.237 e. The molecule has 1 saturated carbocycles. The molecule has 1 saturated heterocycles. The Kier molecular flexibility index (Phi) is 5.10. The van der Waals surface area contributed by atoms with E-state index in [0.717, 1.165) is 38.8 Å². The van der Waals surface area contributed by atoms with Crippen molar-refractivity contribution in [3.8, 4) is 0 Å². The summed E-state index contributed by atoms with van der Waals surface area (Å²) in [5.41, 5.74) is 0. The van der Waals surface area contributed by atoms with E-state index >= 15 is 0 Å². The van der Waals surface area contributed by atoms with Crippen LogP contribution in [0.2, 0.25) is 5.82 Å². The summed E-state index contributed by atoms with van der Waals surface area (Å²) in [6.07, 6.45) is 6.78. The molecule has 0 aromatic carbocycles. The normalized spacial score (nSPS) is 35.8. The summed E-state index contributed by atoms with van der Waals surface area (Å²) in [5, 5.41) is 6.41. The van der Waals surface area contributed by atoms with Gasteiger partial charge in [-0.05, 0) is 31.2 Å². The van der Waals surface area contributed by atoms with Crippen LogP contribution in [-0.4, -0.2) is 32.9 Å². The molecule has 1 amide bonds. The Bertz CT molecular complexity index is 285. The molecule has 2 rings (SSSR count). The molecule has 1 aliphatic carbocycles. The van der Waals surface area contributed by atoms with Gasteiger partial charge >= 0.3 is 0 Å². The highest BCUT2D eigenvalue weighted by atomic mass is 16.2. The Labute approximate surface area is 112 Å². The largest absolute Gasteiger partial charge is 0.355 e. The zero-order valence-electron chi connectivity index (χ0n) is 11.5. The van der Waals surface area contributed by atoms with Gasteiger partial charge in [0, 0.05) is 6.54 Å². The Morgan fingerprint density at radius 1 is 1.44 bits per heavy atom. The molecule has 2 N–H and O–H groups in total. The van der Waals surface area contributed by atoms with Crippen LogP contribution in [0, 0.1) is 11.8 Å². The fraction of sp³-hybridized carbons (Fsp3) is 0.929. The number of carbonyl (C=O) groups is 1. The van der Waals surface area contributed by atoms with Crippen LogP contribution in [0.25, 0.3) is 0 Å². The number of rotatable bonds is 4.